The summed E-state index contributed by atoms with van der Waals surface area (Å²) in [6.07, 6.45) is 2.50. The van der Waals surface area contributed by atoms with Crippen LogP contribution in [0.4, 0.5) is 11.5 Å². The number of nitro groups is 1. The lowest BCUT2D eigenvalue weighted by Crippen LogP contribution is -2.10. The van der Waals surface area contributed by atoms with Crippen LogP contribution in [0.5, 0.6) is 0 Å². The minimum Gasteiger partial charge on any atom is -0.356 e. The van der Waals surface area contributed by atoms with Crippen molar-refractivity contribution in [3.8, 4) is 0 Å². The van der Waals surface area contributed by atoms with Gasteiger partial charge in [-0.2, -0.15) is 0 Å². The summed E-state index contributed by atoms with van der Waals surface area (Å²) in [5, 5.41) is 17.1. The van der Waals surface area contributed by atoms with E-state index in [0.29, 0.717) is 0 Å². The second-order valence-electron chi connectivity index (χ2n) is 4.52. The third-order valence-corrected chi connectivity index (χ3v) is 3.88. The van der Waals surface area contributed by atoms with Crippen molar-refractivity contribution in [1.29, 1.82) is 0 Å². The highest BCUT2D eigenvalue weighted by molar-refractivity contribution is 7.09. The monoisotopic (exact) mass is 292 g/mol. The molecule has 0 spiro atoms. The van der Waals surface area contributed by atoms with Crippen LogP contribution in [0, 0.1) is 17.0 Å². The van der Waals surface area contributed by atoms with Crippen LogP contribution in [-0.2, 0) is 6.42 Å². The maximum absolute atomic E-state index is 11.1. The van der Waals surface area contributed by atoms with Crippen LogP contribution in [0.3, 0.4) is 0 Å². The van der Waals surface area contributed by atoms with Crippen LogP contribution in [-0.4, -0.2) is 14.9 Å². The number of aromatic nitrogens is 2. The number of thiazole rings is 1. The Hall–Kier alpha value is -2.02. The second kappa shape index (κ2) is 5.96. The van der Waals surface area contributed by atoms with E-state index in [2.05, 4.69) is 15.3 Å². The number of anilines is 1. The second-order valence-corrected chi connectivity index (χ2v) is 5.47. The first kappa shape index (κ1) is 14.4. The van der Waals surface area contributed by atoms with Crippen molar-refractivity contribution in [2.24, 2.45) is 0 Å². The standard InChI is InChI=1S/C13H16N4O2S/c1-4-12-16-10(7-20-12)9(3)15-13-11(17(18)19)5-8(2)6-14-13/h5-7,9H,4H2,1-3H3,(H,14,15)/t9-/m1/s1. The van der Waals surface area contributed by atoms with E-state index in [1.165, 1.54) is 6.07 Å². The highest BCUT2D eigenvalue weighted by atomic mass is 32.1. The fourth-order valence-electron chi connectivity index (χ4n) is 1.77. The first-order valence-electron chi connectivity index (χ1n) is 6.33. The summed E-state index contributed by atoms with van der Waals surface area (Å²) in [6.45, 7) is 5.74. The maximum Gasteiger partial charge on any atom is 0.311 e. The van der Waals surface area contributed by atoms with E-state index in [4.69, 9.17) is 0 Å². The summed E-state index contributed by atoms with van der Waals surface area (Å²) < 4.78 is 0. The van der Waals surface area contributed by atoms with Gasteiger partial charge in [0.15, 0.2) is 0 Å². The first-order chi connectivity index (χ1) is 9.51. The molecular weight excluding hydrogens is 276 g/mol. The summed E-state index contributed by atoms with van der Waals surface area (Å²) in [5.74, 6) is 0.277. The van der Waals surface area contributed by atoms with Crippen LogP contribution in [0.1, 0.15) is 36.2 Å². The topological polar surface area (TPSA) is 81.0 Å². The average molecular weight is 292 g/mol. The molecule has 2 aromatic rings. The lowest BCUT2D eigenvalue weighted by Gasteiger charge is -2.12. The van der Waals surface area contributed by atoms with Gasteiger partial charge in [-0.3, -0.25) is 10.1 Å². The van der Waals surface area contributed by atoms with Gasteiger partial charge in [0.25, 0.3) is 0 Å². The molecule has 0 aliphatic heterocycles. The lowest BCUT2D eigenvalue weighted by atomic mass is 10.2. The first-order valence-corrected chi connectivity index (χ1v) is 7.21. The third-order valence-electron chi connectivity index (χ3n) is 2.87. The van der Waals surface area contributed by atoms with Crippen LogP contribution in [0.2, 0.25) is 0 Å². The largest absolute Gasteiger partial charge is 0.356 e. The van der Waals surface area contributed by atoms with Crippen LogP contribution in [0.25, 0.3) is 0 Å². The Morgan fingerprint density at radius 2 is 2.30 bits per heavy atom. The fraction of sp³-hybridized carbons (Fsp3) is 0.385. The minimum absolute atomic E-state index is 0.0113. The highest BCUT2D eigenvalue weighted by Gasteiger charge is 2.18. The summed E-state index contributed by atoms with van der Waals surface area (Å²) in [4.78, 5) is 19.2. The lowest BCUT2D eigenvalue weighted by molar-refractivity contribution is -0.384. The van der Waals surface area contributed by atoms with Crippen molar-refractivity contribution in [3.05, 3.63) is 44.0 Å². The van der Waals surface area contributed by atoms with Crippen LogP contribution >= 0.6 is 11.3 Å². The molecule has 2 rings (SSSR count). The van der Waals surface area contributed by atoms with E-state index in [9.17, 15) is 10.1 Å². The van der Waals surface area contributed by atoms with Crippen molar-refractivity contribution in [2.75, 3.05) is 5.32 Å². The average Bonchev–Trinajstić information content (AvgIpc) is 2.89. The number of aryl methyl sites for hydroxylation is 2. The molecule has 0 radical (unpaired) electrons. The van der Waals surface area contributed by atoms with Gasteiger partial charge in [0, 0.05) is 17.6 Å². The molecule has 6 nitrogen and oxygen atoms in total. The summed E-state index contributed by atoms with van der Waals surface area (Å²) >= 11 is 1.60. The number of hydrogen-bond acceptors (Lipinski definition) is 6. The minimum atomic E-state index is -0.423. The molecule has 1 atom stereocenters. The number of nitrogens with one attached hydrogen (secondary N) is 1. The van der Waals surface area contributed by atoms with E-state index in [0.717, 1.165) is 22.7 Å². The Balaban J connectivity index is 2.23. The Labute approximate surface area is 121 Å². The molecule has 0 saturated carbocycles. The van der Waals surface area contributed by atoms with Gasteiger partial charge in [0.2, 0.25) is 5.82 Å². The van der Waals surface area contributed by atoms with Crippen LogP contribution in [0.15, 0.2) is 17.6 Å². The molecule has 0 saturated heterocycles. The van der Waals surface area contributed by atoms with Gasteiger partial charge in [0.1, 0.15) is 0 Å². The van der Waals surface area contributed by atoms with Crippen molar-refractivity contribution in [2.45, 2.75) is 33.2 Å². The van der Waals surface area contributed by atoms with E-state index in [1.807, 2.05) is 19.2 Å². The molecule has 0 aliphatic carbocycles. The summed E-state index contributed by atoms with van der Waals surface area (Å²) in [5.41, 5.74) is 1.63. The molecule has 0 amide bonds. The molecule has 0 unspecified atom stereocenters. The predicted molar refractivity (Wildman–Crippen MR) is 79.2 cm³/mol. The molecule has 106 valence electrons. The number of hydrogen-bond donors (Lipinski definition) is 1. The van der Waals surface area contributed by atoms with E-state index >= 15 is 0 Å². The Morgan fingerprint density at radius 3 is 2.90 bits per heavy atom. The molecule has 2 aromatic heterocycles. The van der Waals surface area contributed by atoms with Gasteiger partial charge >= 0.3 is 5.69 Å². The molecule has 1 N–H and O–H groups in total. The van der Waals surface area contributed by atoms with Crippen molar-refractivity contribution < 1.29 is 4.92 Å². The smallest absolute Gasteiger partial charge is 0.311 e. The molecule has 0 bridgehead atoms. The zero-order chi connectivity index (χ0) is 14.7. The van der Waals surface area contributed by atoms with Crippen molar-refractivity contribution in [1.82, 2.24) is 9.97 Å². The molecule has 0 aliphatic rings. The van der Waals surface area contributed by atoms with E-state index in [-0.39, 0.29) is 17.5 Å². The summed E-state index contributed by atoms with van der Waals surface area (Å²) in [7, 11) is 0. The Morgan fingerprint density at radius 1 is 1.55 bits per heavy atom. The van der Waals surface area contributed by atoms with E-state index < -0.39 is 4.92 Å². The van der Waals surface area contributed by atoms with Gasteiger partial charge < -0.3 is 5.32 Å². The van der Waals surface area contributed by atoms with Crippen LogP contribution < -0.4 is 5.32 Å². The molecule has 0 aromatic carbocycles. The molecule has 7 heteroatoms. The molecule has 0 fully saturated rings. The number of rotatable bonds is 5. The van der Waals surface area contributed by atoms with Gasteiger partial charge in [0.05, 0.1) is 21.7 Å². The van der Waals surface area contributed by atoms with Crippen molar-refractivity contribution >= 4 is 22.8 Å². The number of nitrogens with zero attached hydrogens (tertiary/aromatic N) is 3. The maximum atomic E-state index is 11.1. The number of pyridine rings is 1. The molecule has 2 heterocycles. The predicted octanol–water partition coefficient (Wildman–Crippen LogP) is 3.49. The van der Waals surface area contributed by atoms with Gasteiger partial charge in [-0.25, -0.2) is 9.97 Å². The Bertz CT molecular complexity index is 627. The van der Waals surface area contributed by atoms with Gasteiger partial charge in [-0.1, -0.05) is 6.92 Å². The van der Waals surface area contributed by atoms with Gasteiger partial charge in [-0.15, -0.1) is 11.3 Å². The van der Waals surface area contributed by atoms with Crippen molar-refractivity contribution in [3.63, 3.8) is 0 Å². The zero-order valence-corrected chi connectivity index (χ0v) is 12.4. The quantitative estimate of drug-likeness (QED) is 0.674. The molecular formula is C13H16N4O2S. The SMILES string of the molecule is CCc1nc([C@@H](C)Nc2ncc(C)cc2[N+](=O)[O-])cs1. The summed E-state index contributed by atoms with van der Waals surface area (Å²) in [6, 6.07) is 1.39. The molecule has 20 heavy (non-hydrogen) atoms. The fourth-order valence-corrected chi connectivity index (χ4v) is 2.61. The van der Waals surface area contributed by atoms with E-state index in [1.54, 1.807) is 24.5 Å². The Kier molecular flexibility index (Phi) is 4.29. The third kappa shape index (κ3) is 3.11. The zero-order valence-electron chi connectivity index (χ0n) is 11.6. The van der Waals surface area contributed by atoms with Gasteiger partial charge in [-0.05, 0) is 25.8 Å². The highest BCUT2D eigenvalue weighted by Crippen LogP contribution is 2.27. The normalized spacial score (nSPS) is 12.2.